The van der Waals surface area contributed by atoms with Gasteiger partial charge in [0.15, 0.2) is 11.9 Å². The molecule has 3 heterocycles. The quantitative estimate of drug-likeness (QED) is 0.246. The Labute approximate surface area is 258 Å². The van der Waals surface area contributed by atoms with Crippen molar-refractivity contribution in [3.63, 3.8) is 0 Å². The average Bonchev–Trinajstić information content (AvgIpc) is 3.35. The van der Waals surface area contributed by atoms with Gasteiger partial charge in [-0.3, -0.25) is 23.8 Å². The van der Waals surface area contributed by atoms with Gasteiger partial charge in [0.2, 0.25) is 0 Å². The van der Waals surface area contributed by atoms with Gasteiger partial charge in [-0.15, -0.1) is 0 Å². The Morgan fingerprint density at radius 2 is 1.84 bits per heavy atom. The van der Waals surface area contributed by atoms with Crippen LogP contribution in [0.5, 0.6) is 11.5 Å². The summed E-state index contributed by atoms with van der Waals surface area (Å²) < 4.78 is 41.7. The van der Waals surface area contributed by atoms with Crippen molar-refractivity contribution in [2.24, 2.45) is 0 Å². The zero-order valence-electron chi connectivity index (χ0n) is 24.8. The molecule has 0 saturated carbocycles. The van der Waals surface area contributed by atoms with E-state index in [1.54, 1.807) is 31.2 Å². The van der Waals surface area contributed by atoms with Crippen LogP contribution in [0.15, 0.2) is 42.6 Å². The van der Waals surface area contributed by atoms with Gasteiger partial charge in [0, 0.05) is 56.4 Å². The fraction of sp³-hybridized carbons (Fsp3) is 0.400. The highest BCUT2D eigenvalue weighted by molar-refractivity contribution is 7.52. The molecule has 2 amide bonds. The predicted octanol–water partition coefficient (Wildman–Crippen LogP) is 3.51. The highest BCUT2D eigenvalue weighted by Crippen LogP contribution is 2.45. The fourth-order valence-corrected chi connectivity index (χ4v) is 6.57. The standard InChI is InChI=1S/C30H34FN4O9P/c1-3-42-29(38)19(2)44-45(40,41)16-15-33-11-13-34(14-12-33)30(39)43-27-22-5-4-10-32-25(22)26(36)24-23(27)18-35(28(24)37)17-20-6-8-21(31)9-7-20/h4-10,19,36H,3,11-18H2,1-2H3,(H,40,41)/t19-/m1/s1. The topological polar surface area (TPSA) is 159 Å². The van der Waals surface area contributed by atoms with Gasteiger partial charge < -0.3 is 29.3 Å². The molecule has 15 heteroatoms. The third kappa shape index (κ3) is 7.25. The summed E-state index contributed by atoms with van der Waals surface area (Å²) in [5.41, 5.74) is 1.16. The van der Waals surface area contributed by atoms with Crippen molar-refractivity contribution in [1.82, 2.24) is 19.7 Å². The first-order valence-electron chi connectivity index (χ1n) is 14.5. The number of amides is 2. The lowest BCUT2D eigenvalue weighted by molar-refractivity contribution is -0.150. The maximum Gasteiger partial charge on any atom is 0.415 e. The first kappa shape index (κ1) is 32.3. The number of nitrogens with zero attached hydrogens (tertiary/aromatic N) is 4. The normalized spacial score (nSPS) is 17.2. The molecule has 13 nitrogen and oxygen atoms in total. The van der Waals surface area contributed by atoms with Crippen LogP contribution in [-0.4, -0.2) is 99.2 Å². The van der Waals surface area contributed by atoms with Gasteiger partial charge in [0.05, 0.1) is 24.9 Å². The molecule has 0 aliphatic carbocycles. The zero-order chi connectivity index (χ0) is 32.3. The summed E-state index contributed by atoms with van der Waals surface area (Å²) >= 11 is 0. The first-order chi connectivity index (χ1) is 21.5. The first-order valence-corrected chi connectivity index (χ1v) is 16.3. The van der Waals surface area contributed by atoms with Crippen molar-refractivity contribution in [2.75, 3.05) is 45.5 Å². The lowest BCUT2D eigenvalue weighted by Crippen LogP contribution is -2.50. The second-order valence-electron chi connectivity index (χ2n) is 10.8. The number of rotatable bonds is 10. The van der Waals surface area contributed by atoms with Crippen molar-refractivity contribution >= 4 is 36.5 Å². The number of ether oxygens (including phenoxy) is 2. The molecule has 1 fully saturated rings. The molecule has 2 aliphatic heterocycles. The van der Waals surface area contributed by atoms with Gasteiger partial charge in [0.25, 0.3) is 5.91 Å². The van der Waals surface area contributed by atoms with Crippen LogP contribution in [0.4, 0.5) is 9.18 Å². The van der Waals surface area contributed by atoms with E-state index in [4.69, 9.17) is 14.0 Å². The lowest BCUT2D eigenvalue weighted by Gasteiger charge is -2.34. The molecule has 1 saturated heterocycles. The Morgan fingerprint density at radius 1 is 1.13 bits per heavy atom. The van der Waals surface area contributed by atoms with Crippen molar-refractivity contribution in [3.8, 4) is 11.5 Å². The highest BCUT2D eigenvalue weighted by atomic mass is 31.2. The van der Waals surface area contributed by atoms with E-state index in [0.717, 1.165) is 0 Å². The molecular weight excluding hydrogens is 610 g/mol. The Hall–Kier alpha value is -4.10. The number of hydrogen-bond donors (Lipinski definition) is 2. The summed E-state index contributed by atoms with van der Waals surface area (Å²) in [6.07, 6.45) is -0.577. The number of carbonyl (C=O) groups excluding carboxylic acids is 3. The van der Waals surface area contributed by atoms with Gasteiger partial charge in [-0.2, -0.15) is 0 Å². The number of aromatic hydroxyl groups is 1. The number of benzene rings is 2. The number of aromatic nitrogens is 1. The van der Waals surface area contributed by atoms with E-state index in [2.05, 4.69) is 4.98 Å². The minimum Gasteiger partial charge on any atom is -0.505 e. The predicted molar refractivity (Wildman–Crippen MR) is 159 cm³/mol. The van der Waals surface area contributed by atoms with Crippen LogP contribution >= 0.6 is 7.60 Å². The summed E-state index contributed by atoms with van der Waals surface area (Å²) in [6, 6.07) is 9.02. The number of pyridine rings is 1. The maximum atomic E-state index is 13.4. The molecule has 0 radical (unpaired) electrons. The number of phenolic OH excluding ortho intramolecular Hbond substituents is 1. The van der Waals surface area contributed by atoms with Crippen molar-refractivity contribution in [2.45, 2.75) is 33.0 Å². The molecule has 1 unspecified atom stereocenters. The van der Waals surface area contributed by atoms with Gasteiger partial charge in [0.1, 0.15) is 17.1 Å². The number of carbonyl (C=O) groups is 3. The number of piperazine rings is 1. The van der Waals surface area contributed by atoms with E-state index in [1.165, 1.54) is 35.1 Å². The number of hydrogen-bond acceptors (Lipinski definition) is 10. The Balaban J connectivity index is 1.25. The molecule has 2 aliphatic rings. The van der Waals surface area contributed by atoms with Crippen molar-refractivity contribution in [1.29, 1.82) is 0 Å². The molecule has 5 rings (SSSR count). The average molecular weight is 645 g/mol. The molecule has 2 aromatic carbocycles. The second kappa shape index (κ2) is 13.5. The summed E-state index contributed by atoms with van der Waals surface area (Å²) in [5.74, 6) is -1.76. The Kier molecular flexibility index (Phi) is 9.68. The Bertz CT molecular complexity index is 1650. The molecule has 1 aromatic heterocycles. The highest BCUT2D eigenvalue weighted by Gasteiger charge is 2.37. The third-order valence-corrected chi connectivity index (χ3v) is 9.10. The molecule has 2 atom stereocenters. The zero-order valence-corrected chi connectivity index (χ0v) is 25.7. The molecular formula is C30H34FN4O9P. The molecule has 3 aromatic rings. The molecule has 0 spiro atoms. The van der Waals surface area contributed by atoms with Crippen molar-refractivity contribution < 1.29 is 47.3 Å². The van der Waals surface area contributed by atoms with Crippen LogP contribution in [0, 0.1) is 5.82 Å². The number of esters is 1. The van der Waals surface area contributed by atoms with Crippen LogP contribution in [0.2, 0.25) is 0 Å². The minimum absolute atomic E-state index is 0.00357. The monoisotopic (exact) mass is 644 g/mol. The van der Waals surface area contributed by atoms with Crippen LogP contribution in [0.1, 0.15) is 35.3 Å². The van der Waals surface area contributed by atoms with Crippen LogP contribution in [-0.2, 0) is 31.7 Å². The fourth-order valence-electron chi connectivity index (χ4n) is 5.35. The maximum absolute atomic E-state index is 13.4. The van der Waals surface area contributed by atoms with Crippen LogP contribution in [0.3, 0.4) is 0 Å². The summed E-state index contributed by atoms with van der Waals surface area (Å²) in [7, 11) is -4.07. The largest absolute Gasteiger partial charge is 0.505 e. The van der Waals surface area contributed by atoms with E-state index < -0.39 is 37.5 Å². The smallest absolute Gasteiger partial charge is 0.415 e. The second-order valence-corrected chi connectivity index (χ2v) is 12.7. The molecule has 0 bridgehead atoms. The van der Waals surface area contributed by atoms with Gasteiger partial charge >= 0.3 is 19.7 Å². The molecule has 45 heavy (non-hydrogen) atoms. The van der Waals surface area contributed by atoms with Gasteiger partial charge in [-0.25, -0.2) is 14.0 Å². The molecule has 2 N–H and O–H groups in total. The molecule has 240 valence electrons. The van der Waals surface area contributed by atoms with Crippen LogP contribution in [0.25, 0.3) is 10.9 Å². The summed E-state index contributed by atoms with van der Waals surface area (Å²) in [4.78, 5) is 57.8. The number of halogens is 1. The summed E-state index contributed by atoms with van der Waals surface area (Å²) in [5, 5.41) is 11.4. The van der Waals surface area contributed by atoms with E-state index >= 15 is 0 Å². The van der Waals surface area contributed by atoms with E-state index in [0.29, 0.717) is 29.6 Å². The third-order valence-electron chi connectivity index (χ3n) is 7.69. The van der Waals surface area contributed by atoms with Gasteiger partial charge in [-0.05, 0) is 43.7 Å². The van der Waals surface area contributed by atoms with Crippen molar-refractivity contribution in [3.05, 3.63) is 65.1 Å². The number of fused-ring (bicyclic) bond motifs is 2. The van der Waals surface area contributed by atoms with E-state index in [9.17, 15) is 33.3 Å². The van der Waals surface area contributed by atoms with E-state index in [1.807, 2.05) is 4.90 Å². The minimum atomic E-state index is -4.07. The SMILES string of the molecule is CCOC(=O)[C@@H](C)OP(=O)(O)CCN1CCN(C(=O)Oc2c3c(c(O)c4ncccc24)C(=O)N(Cc2ccc(F)cc2)C3)CC1. The Morgan fingerprint density at radius 3 is 2.53 bits per heavy atom. The summed E-state index contributed by atoms with van der Waals surface area (Å²) in [6.45, 7) is 4.84. The van der Waals surface area contributed by atoms with Crippen LogP contribution < -0.4 is 4.74 Å². The lowest BCUT2D eigenvalue weighted by atomic mass is 10.0. The van der Waals surface area contributed by atoms with E-state index in [-0.39, 0.29) is 68.1 Å². The number of phenols is 1. The van der Waals surface area contributed by atoms with Gasteiger partial charge in [-0.1, -0.05) is 12.1 Å².